The van der Waals surface area contributed by atoms with Crippen LogP contribution in [0, 0.1) is 0 Å². The van der Waals surface area contributed by atoms with Crippen LogP contribution in [-0.4, -0.2) is 41.3 Å². The van der Waals surface area contributed by atoms with Crippen LogP contribution < -0.4 is 5.10 Å². The number of carbonyl (C=O) groups is 1. The summed E-state index contributed by atoms with van der Waals surface area (Å²) >= 11 is 7.63. The Morgan fingerprint density at radius 1 is 0.597 bits per heavy atom. The molecule has 0 aromatic carbocycles. The predicted molar refractivity (Wildman–Crippen MR) is 302 cm³/mol. The van der Waals surface area contributed by atoms with Gasteiger partial charge in [-0.2, -0.15) is 5.16 Å². The van der Waals surface area contributed by atoms with Gasteiger partial charge >= 0.3 is 25.4 Å². The van der Waals surface area contributed by atoms with Crippen LogP contribution in [0.3, 0.4) is 0 Å². The van der Waals surface area contributed by atoms with Crippen LogP contribution >= 0.6 is 34.9 Å². The van der Waals surface area contributed by atoms with E-state index in [1.807, 2.05) is 59.2 Å². The molecule has 0 aliphatic carbocycles. The van der Waals surface area contributed by atoms with E-state index in [0.717, 1.165) is 40.5 Å². The SMILES string of the molecule is CCCCCCc1cc(CCCCCC)c(/C=C/c2ccnc(-c3cc(-c4sc(CCCCCC)cc4CCCCCC)n[n-]3)c2)s1.O=C(O)c1ccnc(-c2cccc(-c3ccccn3)n2)c1.[N-]=C=S.[Ru+2]. The normalized spacial score (nSPS) is 10.8. The second-order valence-electron chi connectivity index (χ2n) is 17.8. The fraction of sp³-hybridized carbons (Fsp3) is 0.407. The molecule has 0 saturated carbocycles. The van der Waals surface area contributed by atoms with Crippen LogP contribution in [-0.2, 0) is 45.2 Å². The van der Waals surface area contributed by atoms with Crippen molar-refractivity contribution in [2.75, 3.05) is 0 Å². The maximum Gasteiger partial charge on any atom is 2.00 e. The number of rotatable bonds is 27. The summed E-state index contributed by atoms with van der Waals surface area (Å²) in [5.41, 5.74) is 9.72. The number of unbranched alkanes of at least 4 members (excludes halogenated alkanes) is 12. The number of aromatic carboxylic acids is 1. The maximum atomic E-state index is 11.0. The molecule has 0 amide bonds. The smallest absolute Gasteiger partial charge is 0.753 e. The summed E-state index contributed by atoms with van der Waals surface area (Å²) in [7, 11) is 0. The van der Waals surface area contributed by atoms with Crippen molar-refractivity contribution in [3.8, 4) is 44.7 Å². The van der Waals surface area contributed by atoms with Crippen LogP contribution in [0.25, 0.3) is 62.3 Å². The first-order valence-corrected chi connectivity index (χ1v) is 27.8. The summed E-state index contributed by atoms with van der Waals surface area (Å²) in [5.74, 6) is -0.987. The van der Waals surface area contributed by atoms with Gasteiger partial charge in [-0.3, -0.25) is 15.0 Å². The molecule has 7 aromatic heterocycles. The molecular formula is C59H71N7O2RuS3. The molecule has 13 heteroatoms. The van der Waals surface area contributed by atoms with Crippen molar-refractivity contribution in [2.24, 2.45) is 0 Å². The van der Waals surface area contributed by atoms with Crippen LogP contribution in [0.4, 0.5) is 0 Å². The minimum atomic E-state index is -0.987. The molecule has 9 nitrogen and oxygen atoms in total. The predicted octanol–water partition coefficient (Wildman–Crippen LogP) is 17.1. The van der Waals surface area contributed by atoms with Gasteiger partial charge < -0.3 is 20.7 Å². The molecule has 0 saturated heterocycles. The van der Waals surface area contributed by atoms with Crippen LogP contribution in [0.5, 0.6) is 0 Å². The van der Waals surface area contributed by atoms with Crippen molar-refractivity contribution in [2.45, 2.75) is 156 Å². The average Bonchev–Trinajstić information content (AvgIpc) is 4.16. The number of isothiocyanates is 1. The average molecular weight is 1110 g/mol. The molecule has 7 heterocycles. The molecular weight excluding hydrogens is 1040 g/mol. The van der Waals surface area contributed by atoms with Crippen LogP contribution in [0.15, 0.2) is 97.5 Å². The van der Waals surface area contributed by atoms with Crippen molar-refractivity contribution in [1.29, 1.82) is 0 Å². The van der Waals surface area contributed by atoms with E-state index in [2.05, 4.69) is 102 Å². The van der Waals surface area contributed by atoms with E-state index < -0.39 is 5.97 Å². The van der Waals surface area contributed by atoms with E-state index in [1.165, 1.54) is 171 Å². The van der Waals surface area contributed by atoms with Gasteiger partial charge in [0.25, 0.3) is 0 Å². The Hall–Kier alpha value is -5.16. The summed E-state index contributed by atoms with van der Waals surface area (Å²) in [6, 6.07) is 25.5. The number of carboxylic acids is 1. The molecule has 380 valence electrons. The summed E-state index contributed by atoms with van der Waals surface area (Å²) in [4.78, 5) is 34.5. The van der Waals surface area contributed by atoms with Gasteiger partial charge in [0.2, 0.25) is 0 Å². The Morgan fingerprint density at radius 2 is 1.15 bits per heavy atom. The molecule has 0 atom stereocenters. The van der Waals surface area contributed by atoms with Gasteiger partial charge in [0.05, 0.1) is 38.9 Å². The number of hydrogen-bond donors (Lipinski definition) is 1. The van der Waals surface area contributed by atoms with Gasteiger partial charge in [0.15, 0.2) is 0 Å². The topological polar surface area (TPSA) is 138 Å². The second-order valence-corrected chi connectivity index (χ2v) is 20.3. The third kappa shape index (κ3) is 20.0. The molecule has 0 aliphatic heterocycles. The third-order valence-corrected chi connectivity index (χ3v) is 14.6. The number of pyridine rings is 4. The van der Waals surface area contributed by atoms with Crippen LogP contribution in [0.1, 0.15) is 172 Å². The van der Waals surface area contributed by atoms with E-state index in [1.54, 1.807) is 17.1 Å². The maximum absolute atomic E-state index is 11.0. The first kappa shape index (κ1) is 59.4. The Bertz CT molecular complexity index is 2710. The number of carboxylic acid groups (broad SMARTS) is 1. The largest absolute Gasteiger partial charge is 2.00 e. The quantitative estimate of drug-likeness (QED) is 0.0231. The Labute approximate surface area is 455 Å². The molecule has 72 heavy (non-hydrogen) atoms. The Balaban J connectivity index is 0.000000372. The number of nitrogens with zero attached hydrogens (tertiary/aromatic N) is 7. The number of aryl methyl sites for hydroxylation is 4. The molecule has 0 aliphatic rings. The molecule has 1 N–H and O–H groups in total. The number of hydrogen-bond acceptors (Lipinski definition) is 9. The van der Waals surface area contributed by atoms with E-state index >= 15 is 0 Å². The molecule has 0 radical (unpaired) electrons. The fourth-order valence-corrected chi connectivity index (χ4v) is 10.6. The summed E-state index contributed by atoms with van der Waals surface area (Å²) in [6.45, 7) is 9.15. The minimum Gasteiger partial charge on any atom is -0.753 e. The van der Waals surface area contributed by atoms with E-state index in [-0.39, 0.29) is 25.0 Å². The van der Waals surface area contributed by atoms with Crippen molar-refractivity contribution in [3.05, 3.63) is 140 Å². The van der Waals surface area contributed by atoms with Gasteiger partial charge in [0.1, 0.15) is 0 Å². The standard InChI is InChI=1S/C42H60N3S2.C16H11N3O2.CNS.Ru/c1-5-9-13-17-21-34-30-36(23-19-15-11-7-3)46-41(34)26-25-33-27-28-43-38(29-33)39-32-40(45-44-39)42-35(22-18-14-10-6-2)31-37(47-42)24-20-16-12-8-4;20-16(21)11-7-9-18-15(10-11)14-6-3-5-13(19-14)12-4-1-2-8-17-12;2-1-3;/h25-32H,5-24H2,1-4H3;1-10H,(H,20,21);;/q-1;;-1;+2/b26-25+;;;. The minimum absolute atomic E-state index is 0. The number of aromatic nitrogens is 6. The number of thiocarbonyl (C=S) groups is 1. The molecule has 7 aromatic rings. The van der Waals surface area contributed by atoms with Crippen molar-refractivity contribution < 1.29 is 29.4 Å². The van der Waals surface area contributed by atoms with Gasteiger partial charge in [0, 0.05) is 38.9 Å². The zero-order valence-corrected chi connectivity index (χ0v) is 46.8. The van der Waals surface area contributed by atoms with E-state index in [9.17, 15) is 4.79 Å². The Kier molecular flexibility index (Phi) is 28.3. The fourth-order valence-electron chi connectivity index (χ4n) is 8.24. The van der Waals surface area contributed by atoms with Crippen molar-refractivity contribution >= 4 is 58.2 Å². The first-order valence-electron chi connectivity index (χ1n) is 25.8. The van der Waals surface area contributed by atoms with Crippen molar-refractivity contribution in [1.82, 2.24) is 30.1 Å². The third-order valence-electron chi connectivity index (χ3n) is 12.1. The second kappa shape index (κ2) is 34.3. The molecule has 0 bridgehead atoms. The number of thiophene rings is 2. The molecule has 0 fully saturated rings. The summed E-state index contributed by atoms with van der Waals surface area (Å²) in [5, 5.41) is 26.9. The van der Waals surface area contributed by atoms with Gasteiger partial charge in [-0.05, 0) is 141 Å². The molecule has 0 unspecified atom stereocenters. The zero-order chi connectivity index (χ0) is 50.5. The monoisotopic (exact) mass is 1110 g/mol. The van der Waals surface area contributed by atoms with Crippen molar-refractivity contribution in [3.63, 3.8) is 0 Å². The zero-order valence-electron chi connectivity index (χ0n) is 42.6. The molecule has 0 spiro atoms. The van der Waals surface area contributed by atoms with Gasteiger partial charge in [-0.15, -0.1) is 22.7 Å². The molecule has 7 rings (SSSR count). The van der Waals surface area contributed by atoms with Crippen LogP contribution in [0.2, 0.25) is 0 Å². The van der Waals surface area contributed by atoms with E-state index in [0.29, 0.717) is 11.4 Å². The summed E-state index contributed by atoms with van der Waals surface area (Å²) in [6.07, 6.45) is 35.2. The van der Waals surface area contributed by atoms with Gasteiger partial charge in [-0.1, -0.05) is 141 Å². The first-order chi connectivity index (χ1) is 34.8. The Morgan fingerprint density at radius 3 is 1.78 bits per heavy atom. The van der Waals surface area contributed by atoms with Gasteiger partial charge in [-0.25, -0.2) is 9.78 Å². The van der Waals surface area contributed by atoms with E-state index in [4.69, 9.17) is 20.6 Å². The summed E-state index contributed by atoms with van der Waals surface area (Å²) < 4.78 is 0.